The van der Waals surface area contributed by atoms with Crippen LogP contribution in [0.2, 0.25) is 0 Å². The summed E-state index contributed by atoms with van der Waals surface area (Å²) in [4.78, 5) is 10.1. The summed E-state index contributed by atoms with van der Waals surface area (Å²) < 4.78 is 13.1. The first kappa shape index (κ1) is 20.6. The number of nitrogens with two attached hydrogens (primary N) is 2. The molecular formula is C14H20Cl2FN5O2. The molecule has 7 N–H and O–H groups in total. The van der Waals surface area contributed by atoms with Crippen LogP contribution in [0.4, 0.5) is 10.1 Å². The lowest BCUT2D eigenvalue weighted by atomic mass is 10.0. The van der Waals surface area contributed by atoms with E-state index in [-0.39, 0.29) is 18.8 Å². The lowest BCUT2D eigenvalue weighted by molar-refractivity contribution is -0.121. The average Bonchev–Trinajstić information content (AvgIpc) is 2.58. The van der Waals surface area contributed by atoms with E-state index < -0.39 is 29.6 Å². The molecule has 0 saturated carbocycles. The fourth-order valence-electron chi connectivity index (χ4n) is 1.90. The van der Waals surface area contributed by atoms with Gasteiger partial charge < -0.3 is 26.6 Å². The molecule has 0 fully saturated rings. The molecule has 1 aromatic rings. The highest BCUT2D eigenvalue weighted by atomic mass is 35.5. The number of anilines is 1. The first-order valence-electron chi connectivity index (χ1n) is 7.01. The minimum Gasteiger partial charge on any atom is -0.386 e. The summed E-state index contributed by atoms with van der Waals surface area (Å²) in [7, 11) is 0. The van der Waals surface area contributed by atoms with Gasteiger partial charge in [0.2, 0.25) is 0 Å². The van der Waals surface area contributed by atoms with Crippen LogP contribution in [-0.2, 0) is 4.79 Å². The molecule has 134 valence electrons. The summed E-state index contributed by atoms with van der Waals surface area (Å²) in [5, 5.41) is 21.3. The molecule has 0 bridgehead atoms. The van der Waals surface area contributed by atoms with Crippen molar-refractivity contribution in [3.8, 4) is 0 Å². The number of carbonyl (C=O) groups is 1. The number of aliphatic hydroxyl groups excluding tert-OH is 1. The fourth-order valence-corrected chi connectivity index (χ4v) is 2.03. The van der Waals surface area contributed by atoms with Gasteiger partial charge in [-0.05, 0) is 17.7 Å². The molecule has 0 aliphatic heterocycles. The van der Waals surface area contributed by atoms with Crippen LogP contribution in [0.5, 0.6) is 0 Å². The van der Waals surface area contributed by atoms with Gasteiger partial charge in [0.1, 0.15) is 12.8 Å². The van der Waals surface area contributed by atoms with Gasteiger partial charge in [0.15, 0.2) is 4.84 Å². The van der Waals surface area contributed by atoms with Gasteiger partial charge in [0.25, 0.3) is 5.91 Å². The van der Waals surface area contributed by atoms with Gasteiger partial charge in [-0.15, -0.1) is 0 Å². The van der Waals surface area contributed by atoms with Crippen LogP contribution in [-0.4, -0.2) is 47.4 Å². The van der Waals surface area contributed by atoms with E-state index in [1.54, 1.807) is 24.3 Å². The number of carbonyl (C=O) groups excluding carboxylic acids is 1. The summed E-state index contributed by atoms with van der Waals surface area (Å²) in [6.45, 7) is -0.731. The number of aliphatic hydroxyl groups is 1. The molecule has 0 heterocycles. The number of halogens is 3. The zero-order valence-electron chi connectivity index (χ0n) is 12.8. The minimum atomic E-state index is -1.35. The molecule has 0 aliphatic carbocycles. The van der Waals surface area contributed by atoms with Crippen LogP contribution in [0.15, 0.2) is 24.3 Å². The van der Waals surface area contributed by atoms with Gasteiger partial charge in [-0.2, -0.15) is 0 Å². The lowest BCUT2D eigenvalue weighted by Crippen LogP contribution is -2.43. The monoisotopic (exact) mass is 379 g/mol. The molecule has 1 amide bonds. The first-order valence-corrected chi connectivity index (χ1v) is 7.88. The largest absolute Gasteiger partial charge is 0.386 e. The maximum absolute atomic E-state index is 13.1. The number of alkyl halides is 3. The quantitative estimate of drug-likeness (QED) is 0.186. The van der Waals surface area contributed by atoms with Crippen LogP contribution >= 0.6 is 23.2 Å². The topological polar surface area (TPSA) is 128 Å². The molecule has 24 heavy (non-hydrogen) atoms. The molecule has 7 nitrogen and oxygen atoms in total. The molecule has 1 aromatic carbocycles. The summed E-state index contributed by atoms with van der Waals surface area (Å²) in [5.74, 6) is 5.02. The maximum atomic E-state index is 13.1. The fraction of sp³-hybridized carbons (Fsp3) is 0.429. The van der Waals surface area contributed by atoms with E-state index in [1.165, 1.54) is 5.01 Å². The average molecular weight is 380 g/mol. The van der Waals surface area contributed by atoms with Gasteiger partial charge in [-0.25, -0.2) is 10.2 Å². The van der Waals surface area contributed by atoms with Crippen molar-refractivity contribution in [1.82, 2.24) is 5.32 Å². The predicted octanol–water partition coefficient (Wildman–Crippen LogP) is 0.637. The van der Waals surface area contributed by atoms with Crippen molar-refractivity contribution in [3.05, 3.63) is 29.8 Å². The maximum Gasteiger partial charge on any atom is 0.253 e. The molecule has 2 atom stereocenters. The van der Waals surface area contributed by atoms with E-state index in [2.05, 4.69) is 5.32 Å². The third kappa shape index (κ3) is 5.88. The molecule has 0 aliphatic rings. The highest BCUT2D eigenvalue weighted by molar-refractivity contribution is 6.53. The van der Waals surface area contributed by atoms with Crippen LogP contribution in [0.25, 0.3) is 0 Å². The Morgan fingerprint density at radius 2 is 1.96 bits per heavy atom. The summed E-state index contributed by atoms with van der Waals surface area (Å²) in [6, 6.07) is 5.11. The number of nitrogens with zero attached hydrogens (tertiary/aromatic N) is 1. The predicted molar refractivity (Wildman–Crippen MR) is 93.1 cm³/mol. The van der Waals surface area contributed by atoms with E-state index in [9.17, 15) is 14.3 Å². The van der Waals surface area contributed by atoms with Crippen molar-refractivity contribution in [2.45, 2.75) is 17.0 Å². The van der Waals surface area contributed by atoms with Gasteiger partial charge in [-0.1, -0.05) is 35.3 Å². The Hall–Kier alpha value is -1.45. The normalized spacial score (nSPS) is 13.5. The van der Waals surface area contributed by atoms with Gasteiger partial charge in [0.05, 0.1) is 18.3 Å². The molecule has 1 rings (SSSR count). The molecule has 10 heteroatoms. The third-order valence-electron chi connectivity index (χ3n) is 3.25. The van der Waals surface area contributed by atoms with Crippen molar-refractivity contribution in [3.63, 3.8) is 0 Å². The number of benzene rings is 1. The number of amides is 1. The van der Waals surface area contributed by atoms with Crippen LogP contribution in [0, 0.1) is 5.41 Å². The highest BCUT2D eigenvalue weighted by Crippen LogP contribution is 2.21. The van der Waals surface area contributed by atoms with Crippen LogP contribution in [0.1, 0.15) is 11.7 Å². The molecule has 2 unspecified atom stereocenters. The Kier molecular flexibility index (Phi) is 8.37. The molecule has 0 spiro atoms. The molecular weight excluding hydrogens is 360 g/mol. The van der Waals surface area contributed by atoms with E-state index in [1.807, 2.05) is 0 Å². The SMILES string of the molecule is N=C(CN)CN(N)c1ccc(C(O)C(CF)NC(=O)C(Cl)Cl)cc1. The van der Waals surface area contributed by atoms with E-state index in [0.29, 0.717) is 11.3 Å². The van der Waals surface area contributed by atoms with Gasteiger partial charge >= 0.3 is 0 Å². The number of nitrogens with one attached hydrogen (secondary N) is 2. The Balaban J connectivity index is 2.79. The van der Waals surface area contributed by atoms with Crippen LogP contribution < -0.4 is 21.9 Å². The van der Waals surface area contributed by atoms with Crippen molar-refractivity contribution in [2.75, 3.05) is 24.8 Å². The van der Waals surface area contributed by atoms with Gasteiger partial charge in [-0.3, -0.25) is 4.79 Å². The smallest absolute Gasteiger partial charge is 0.253 e. The zero-order chi connectivity index (χ0) is 18.3. The summed E-state index contributed by atoms with van der Waals surface area (Å²) >= 11 is 10.8. The Bertz CT molecular complexity index is 559. The van der Waals surface area contributed by atoms with Crippen LogP contribution in [0.3, 0.4) is 0 Å². The molecule has 0 aromatic heterocycles. The third-order valence-corrected chi connectivity index (χ3v) is 3.64. The first-order chi connectivity index (χ1) is 11.3. The Morgan fingerprint density at radius 1 is 1.38 bits per heavy atom. The van der Waals surface area contributed by atoms with E-state index in [0.717, 1.165) is 0 Å². The molecule has 0 radical (unpaired) electrons. The number of hydrogen-bond donors (Lipinski definition) is 5. The standard InChI is InChI=1S/C14H20Cl2FN5O2/c15-13(16)14(24)21-11(5-17)12(23)8-1-3-10(4-2-8)22(20)7-9(19)6-18/h1-4,11-13,19,23H,5-7,18,20H2,(H,21,24). The zero-order valence-corrected chi connectivity index (χ0v) is 14.3. The Morgan fingerprint density at radius 3 is 2.42 bits per heavy atom. The summed E-state index contributed by atoms with van der Waals surface area (Å²) in [6.07, 6.45) is -1.28. The van der Waals surface area contributed by atoms with Gasteiger partial charge in [0, 0.05) is 12.3 Å². The number of rotatable bonds is 9. The van der Waals surface area contributed by atoms with E-state index >= 15 is 0 Å². The second-order valence-electron chi connectivity index (χ2n) is 5.04. The lowest BCUT2D eigenvalue weighted by Gasteiger charge is -2.23. The molecule has 0 saturated heterocycles. The second kappa shape index (κ2) is 9.75. The number of hydrazine groups is 1. The van der Waals surface area contributed by atoms with Crippen molar-refractivity contribution < 1.29 is 14.3 Å². The highest BCUT2D eigenvalue weighted by Gasteiger charge is 2.25. The van der Waals surface area contributed by atoms with Crippen molar-refractivity contribution in [2.24, 2.45) is 11.6 Å². The Labute approximate surface area is 149 Å². The van der Waals surface area contributed by atoms with Crippen molar-refractivity contribution in [1.29, 1.82) is 5.41 Å². The summed E-state index contributed by atoms with van der Waals surface area (Å²) in [5.41, 5.74) is 6.57. The minimum absolute atomic E-state index is 0.102. The second-order valence-corrected chi connectivity index (χ2v) is 6.14. The number of hydrogen-bond acceptors (Lipinski definition) is 6. The van der Waals surface area contributed by atoms with Crippen molar-refractivity contribution >= 4 is 40.5 Å². The van der Waals surface area contributed by atoms with E-state index in [4.69, 9.17) is 40.2 Å².